The molecule has 0 spiro atoms. The molecule has 0 unspecified atom stereocenters. The number of nitrogens with zero attached hydrogens (tertiary/aromatic N) is 2. The SMILES string of the molecule is CCOC(=O)CN1C(=O)CN(C(=O)NCC(N)=O)C1=O. The van der Waals surface area contributed by atoms with Crippen molar-refractivity contribution < 1.29 is 28.7 Å². The molecule has 0 aliphatic carbocycles. The largest absolute Gasteiger partial charge is 0.465 e. The summed E-state index contributed by atoms with van der Waals surface area (Å²) in [4.78, 5) is 57.8. The topological polar surface area (TPSA) is 139 Å². The molecule has 0 aromatic carbocycles. The van der Waals surface area contributed by atoms with Crippen LogP contribution in [0.15, 0.2) is 0 Å². The lowest BCUT2D eigenvalue weighted by atomic mass is 10.5. The minimum Gasteiger partial charge on any atom is -0.465 e. The van der Waals surface area contributed by atoms with E-state index >= 15 is 0 Å². The summed E-state index contributed by atoms with van der Waals surface area (Å²) in [5.41, 5.74) is 4.83. The third-order valence-electron chi connectivity index (χ3n) is 2.31. The van der Waals surface area contributed by atoms with E-state index in [4.69, 9.17) is 5.73 Å². The van der Waals surface area contributed by atoms with Crippen molar-refractivity contribution in [1.82, 2.24) is 15.1 Å². The summed E-state index contributed by atoms with van der Waals surface area (Å²) in [6.07, 6.45) is 0. The fourth-order valence-corrected chi connectivity index (χ4v) is 1.45. The number of amides is 6. The lowest BCUT2D eigenvalue weighted by molar-refractivity contribution is -0.146. The Morgan fingerprint density at radius 1 is 1.35 bits per heavy atom. The van der Waals surface area contributed by atoms with E-state index in [0.29, 0.717) is 9.80 Å². The summed E-state index contributed by atoms with van der Waals surface area (Å²) < 4.78 is 4.61. The van der Waals surface area contributed by atoms with E-state index in [1.807, 2.05) is 0 Å². The molecule has 10 nitrogen and oxygen atoms in total. The van der Waals surface area contributed by atoms with Gasteiger partial charge < -0.3 is 15.8 Å². The Balaban J connectivity index is 2.64. The van der Waals surface area contributed by atoms with Crippen LogP contribution >= 0.6 is 0 Å². The number of hydrogen-bond donors (Lipinski definition) is 2. The molecule has 0 aromatic heterocycles. The number of urea groups is 2. The van der Waals surface area contributed by atoms with E-state index in [0.717, 1.165) is 0 Å². The Hall–Kier alpha value is -2.65. The molecule has 0 atom stereocenters. The number of nitrogens with two attached hydrogens (primary N) is 1. The summed E-state index contributed by atoms with van der Waals surface area (Å²) >= 11 is 0. The zero-order valence-corrected chi connectivity index (χ0v) is 10.7. The maximum absolute atomic E-state index is 11.8. The fraction of sp³-hybridized carbons (Fsp3) is 0.500. The normalized spacial score (nSPS) is 14.4. The molecular weight excluding hydrogens is 272 g/mol. The van der Waals surface area contributed by atoms with Gasteiger partial charge in [0.15, 0.2) is 0 Å². The van der Waals surface area contributed by atoms with Crippen molar-refractivity contribution in [1.29, 1.82) is 0 Å². The predicted octanol–water partition coefficient (Wildman–Crippen LogP) is -1.99. The number of hydrogen-bond acceptors (Lipinski definition) is 6. The predicted molar refractivity (Wildman–Crippen MR) is 63.0 cm³/mol. The molecule has 20 heavy (non-hydrogen) atoms. The molecule has 10 heteroatoms. The molecule has 0 bridgehead atoms. The van der Waals surface area contributed by atoms with Crippen molar-refractivity contribution in [2.24, 2.45) is 5.73 Å². The zero-order chi connectivity index (χ0) is 15.3. The monoisotopic (exact) mass is 286 g/mol. The quantitative estimate of drug-likeness (QED) is 0.443. The third kappa shape index (κ3) is 3.67. The molecule has 3 N–H and O–H groups in total. The highest BCUT2D eigenvalue weighted by Crippen LogP contribution is 2.10. The Labute approximate surface area is 113 Å². The summed E-state index contributed by atoms with van der Waals surface area (Å²) in [5, 5.41) is 2.07. The van der Waals surface area contributed by atoms with E-state index < -0.39 is 49.5 Å². The van der Waals surface area contributed by atoms with Gasteiger partial charge in [0.05, 0.1) is 13.2 Å². The van der Waals surface area contributed by atoms with Gasteiger partial charge in [0.2, 0.25) is 5.91 Å². The number of esters is 1. The van der Waals surface area contributed by atoms with Crippen molar-refractivity contribution in [2.45, 2.75) is 6.92 Å². The first-order valence-electron chi connectivity index (χ1n) is 5.70. The van der Waals surface area contributed by atoms with Crippen LogP contribution in [0.25, 0.3) is 0 Å². The standard InChI is InChI=1S/C10H14N4O6/c1-2-20-8(17)5-13-7(16)4-14(10(13)19)9(18)12-3-6(11)15/h2-5H2,1H3,(H2,11,15)(H,12,18). The lowest BCUT2D eigenvalue weighted by Gasteiger charge is -2.15. The molecule has 1 heterocycles. The van der Waals surface area contributed by atoms with E-state index in [2.05, 4.69) is 10.1 Å². The van der Waals surface area contributed by atoms with E-state index in [1.165, 1.54) is 0 Å². The van der Waals surface area contributed by atoms with Gasteiger partial charge in [-0.15, -0.1) is 0 Å². The van der Waals surface area contributed by atoms with Gasteiger partial charge in [-0.05, 0) is 6.92 Å². The van der Waals surface area contributed by atoms with E-state index in [1.54, 1.807) is 6.92 Å². The minimum atomic E-state index is -0.954. The Kier molecular flexibility index (Phi) is 5.01. The van der Waals surface area contributed by atoms with Crippen LogP contribution in [0.5, 0.6) is 0 Å². The van der Waals surface area contributed by atoms with Gasteiger partial charge in [-0.2, -0.15) is 0 Å². The Morgan fingerprint density at radius 3 is 2.55 bits per heavy atom. The second-order valence-corrected chi connectivity index (χ2v) is 3.78. The molecule has 0 radical (unpaired) electrons. The number of primary amides is 1. The molecular formula is C10H14N4O6. The molecule has 1 aliphatic heterocycles. The molecule has 6 amide bonds. The molecule has 1 rings (SSSR count). The number of nitrogens with one attached hydrogen (secondary N) is 1. The van der Waals surface area contributed by atoms with Gasteiger partial charge in [0.1, 0.15) is 13.1 Å². The molecule has 1 saturated heterocycles. The first-order chi connectivity index (χ1) is 9.36. The van der Waals surface area contributed by atoms with Gasteiger partial charge >= 0.3 is 18.0 Å². The van der Waals surface area contributed by atoms with Crippen molar-refractivity contribution in [2.75, 3.05) is 26.2 Å². The Morgan fingerprint density at radius 2 is 2.00 bits per heavy atom. The van der Waals surface area contributed by atoms with Gasteiger partial charge in [-0.25, -0.2) is 14.5 Å². The summed E-state index contributed by atoms with van der Waals surface area (Å²) in [6, 6.07) is -1.89. The summed E-state index contributed by atoms with van der Waals surface area (Å²) in [5.74, 6) is -2.26. The van der Waals surface area contributed by atoms with E-state index in [-0.39, 0.29) is 6.61 Å². The Bertz CT molecular complexity index is 463. The smallest absolute Gasteiger partial charge is 0.335 e. The van der Waals surface area contributed by atoms with Crippen LogP contribution < -0.4 is 11.1 Å². The number of ether oxygens (including phenoxy) is 1. The van der Waals surface area contributed by atoms with Crippen LogP contribution in [0, 0.1) is 0 Å². The second kappa shape index (κ2) is 6.50. The number of carbonyl (C=O) groups is 5. The molecule has 0 aromatic rings. The highest BCUT2D eigenvalue weighted by molar-refractivity contribution is 6.11. The maximum atomic E-state index is 11.8. The van der Waals surface area contributed by atoms with Crippen LogP contribution in [0.2, 0.25) is 0 Å². The molecule has 1 aliphatic rings. The van der Waals surface area contributed by atoms with Crippen molar-refractivity contribution >= 4 is 29.8 Å². The van der Waals surface area contributed by atoms with Crippen LogP contribution in [-0.2, 0) is 19.1 Å². The lowest BCUT2D eigenvalue weighted by Crippen LogP contribution is -2.45. The van der Waals surface area contributed by atoms with Gasteiger partial charge in [0.25, 0.3) is 5.91 Å². The highest BCUT2D eigenvalue weighted by atomic mass is 16.5. The number of imide groups is 2. The van der Waals surface area contributed by atoms with Crippen LogP contribution in [0.1, 0.15) is 6.92 Å². The average molecular weight is 286 g/mol. The van der Waals surface area contributed by atoms with Gasteiger partial charge in [0, 0.05) is 0 Å². The average Bonchev–Trinajstić information content (AvgIpc) is 2.64. The summed E-state index contributed by atoms with van der Waals surface area (Å²) in [7, 11) is 0. The summed E-state index contributed by atoms with van der Waals surface area (Å²) in [6.45, 7) is 0.148. The number of rotatable bonds is 5. The first kappa shape index (κ1) is 15.4. The van der Waals surface area contributed by atoms with Crippen LogP contribution in [0.3, 0.4) is 0 Å². The van der Waals surface area contributed by atoms with Gasteiger partial charge in [-0.1, -0.05) is 0 Å². The third-order valence-corrected chi connectivity index (χ3v) is 2.31. The highest BCUT2D eigenvalue weighted by Gasteiger charge is 2.40. The molecule has 0 saturated carbocycles. The fourth-order valence-electron chi connectivity index (χ4n) is 1.45. The maximum Gasteiger partial charge on any atom is 0.335 e. The van der Waals surface area contributed by atoms with Crippen molar-refractivity contribution in [3.05, 3.63) is 0 Å². The van der Waals surface area contributed by atoms with Crippen molar-refractivity contribution in [3.8, 4) is 0 Å². The minimum absolute atomic E-state index is 0.109. The zero-order valence-electron chi connectivity index (χ0n) is 10.7. The number of carbonyl (C=O) groups excluding carboxylic acids is 5. The molecule has 1 fully saturated rings. The van der Waals surface area contributed by atoms with Crippen LogP contribution in [0.4, 0.5) is 9.59 Å². The van der Waals surface area contributed by atoms with Crippen LogP contribution in [-0.4, -0.2) is 65.9 Å². The molecule has 110 valence electrons. The van der Waals surface area contributed by atoms with Crippen molar-refractivity contribution in [3.63, 3.8) is 0 Å². The first-order valence-corrected chi connectivity index (χ1v) is 5.70. The van der Waals surface area contributed by atoms with Gasteiger partial charge in [-0.3, -0.25) is 19.3 Å². The van der Waals surface area contributed by atoms with E-state index in [9.17, 15) is 24.0 Å². The second-order valence-electron chi connectivity index (χ2n) is 3.78.